The highest BCUT2D eigenvalue weighted by Gasteiger charge is 2.29. The number of aromatic hydroxyl groups is 1. The minimum absolute atomic E-state index is 0.118. The molecule has 4 atom stereocenters. The number of nitrogens with zero attached hydrogens (tertiary/aromatic N) is 6. The Hall–Kier alpha value is -4.57. The summed E-state index contributed by atoms with van der Waals surface area (Å²) in [6.07, 6.45) is 1.38. The summed E-state index contributed by atoms with van der Waals surface area (Å²) in [6, 6.07) is 10.9. The Labute approximate surface area is 242 Å². The zero-order valence-electron chi connectivity index (χ0n) is 23.0. The monoisotopic (exact) mass is 576 g/mol. The van der Waals surface area contributed by atoms with E-state index in [1.165, 1.54) is 12.1 Å². The maximum absolute atomic E-state index is 13.2. The number of primary amides is 1. The largest absolute Gasteiger partial charge is 0.507 e. The number of hydrogen-bond acceptors (Lipinski definition) is 13. The van der Waals surface area contributed by atoms with E-state index in [9.17, 15) is 14.7 Å². The SMILES string of the molecule is NC(=O)N(C(=O)c1ccc(Nc2nc(N3CC(N)CC(N)C3)nc(N3CC(N)CC(N)C3)n2)cc1O)c1ccccc1. The molecule has 0 saturated carbocycles. The van der Waals surface area contributed by atoms with Gasteiger partial charge in [0, 0.05) is 62.1 Å². The van der Waals surface area contributed by atoms with Crippen LogP contribution in [-0.2, 0) is 0 Å². The topological polar surface area (TPSA) is 245 Å². The molecule has 2 fully saturated rings. The first-order chi connectivity index (χ1) is 20.1. The lowest BCUT2D eigenvalue weighted by Gasteiger charge is -2.37. The van der Waals surface area contributed by atoms with E-state index < -0.39 is 11.9 Å². The number of nitrogens with one attached hydrogen (secondary N) is 1. The van der Waals surface area contributed by atoms with E-state index in [2.05, 4.69) is 15.3 Å². The highest BCUT2D eigenvalue weighted by Crippen LogP contribution is 2.28. The zero-order valence-corrected chi connectivity index (χ0v) is 23.0. The molecule has 3 heterocycles. The first kappa shape index (κ1) is 28.9. The second-order valence-electron chi connectivity index (χ2n) is 10.8. The van der Waals surface area contributed by atoms with Gasteiger partial charge in [0.1, 0.15) is 5.75 Å². The standard InChI is InChI=1S/C27H36N12O3/c28-15-8-16(29)12-37(11-15)26-34-25(35-27(36-26)38-13-17(30)9-18(31)14-38)33-19-6-7-21(22(40)10-19)23(41)39(24(32)42)20-4-2-1-3-5-20/h1-7,10,15-18,40H,8-9,11-14,28-31H2,(H2,32,42)(H,33,34,35,36). The number of rotatable bonds is 6. The molecule has 222 valence electrons. The van der Waals surface area contributed by atoms with E-state index in [-0.39, 0.29) is 47.1 Å². The number of benzene rings is 2. The van der Waals surface area contributed by atoms with Crippen LogP contribution >= 0.6 is 0 Å². The van der Waals surface area contributed by atoms with Gasteiger partial charge in [0.15, 0.2) is 0 Å². The molecule has 0 aliphatic carbocycles. The van der Waals surface area contributed by atoms with Gasteiger partial charge >= 0.3 is 6.03 Å². The Morgan fingerprint density at radius 2 is 1.33 bits per heavy atom. The number of nitrogens with two attached hydrogens (primary N) is 5. The van der Waals surface area contributed by atoms with Gasteiger partial charge in [-0.05, 0) is 37.1 Å². The number of carbonyl (C=O) groups is 2. The molecule has 42 heavy (non-hydrogen) atoms. The molecular formula is C27H36N12O3. The summed E-state index contributed by atoms with van der Waals surface area (Å²) < 4.78 is 0. The van der Waals surface area contributed by atoms with Crippen LogP contribution in [0.25, 0.3) is 0 Å². The number of para-hydroxylation sites is 1. The van der Waals surface area contributed by atoms with Gasteiger partial charge in [-0.2, -0.15) is 15.0 Å². The lowest BCUT2D eigenvalue weighted by Crippen LogP contribution is -2.54. The minimum atomic E-state index is -0.979. The second kappa shape index (κ2) is 12.1. The zero-order chi connectivity index (χ0) is 30.0. The molecule has 0 spiro atoms. The fourth-order valence-electron chi connectivity index (χ4n) is 5.34. The maximum atomic E-state index is 13.2. The molecule has 2 aliphatic heterocycles. The lowest BCUT2D eigenvalue weighted by molar-refractivity contribution is 0.0992. The number of carbonyl (C=O) groups excluding carboxylic acids is 2. The molecule has 3 amide bonds. The van der Waals surface area contributed by atoms with Crippen LogP contribution in [0.1, 0.15) is 23.2 Å². The fraction of sp³-hybridized carbons (Fsp3) is 0.370. The Balaban J connectivity index is 1.44. The van der Waals surface area contributed by atoms with Crippen molar-refractivity contribution in [2.24, 2.45) is 28.7 Å². The number of imide groups is 1. The summed E-state index contributed by atoms with van der Waals surface area (Å²) in [5.74, 6) is -0.189. The van der Waals surface area contributed by atoms with Crippen molar-refractivity contribution in [3.05, 3.63) is 54.1 Å². The van der Waals surface area contributed by atoms with Crippen molar-refractivity contribution < 1.29 is 14.7 Å². The van der Waals surface area contributed by atoms with E-state index in [1.807, 2.05) is 9.80 Å². The van der Waals surface area contributed by atoms with Crippen LogP contribution in [0.3, 0.4) is 0 Å². The average molecular weight is 577 g/mol. The lowest BCUT2D eigenvalue weighted by atomic mass is 10.0. The van der Waals surface area contributed by atoms with Crippen LogP contribution in [0.2, 0.25) is 0 Å². The molecule has 4 unspecified atom stereocenters. The van der Waals surface area contributed by atoms with Crippen molar-refractivity contribution in [3.8, 4) is 5.75 Å². The summed E-state index contributed by atoms with van der Waals surface area (Å²) in [5.41, 5.74) is 30.9. The quantitative estimate of drug-likeness (QED) is 0.201. The van der Waals surface area contributed by atoms with Crippen molar-refractivity contribution in [2.75, 3.05) is 46.2 Å². The van der Waals surface area contributed by atoms with Crippen molar-refractivity contribution >= 4 is 41.2 Å². The van der Waals surface area contributed by atoms with Gasteiger partial charge in [0.25, 0.3) is 5.91 Å². The van der Waals surface area contributed by atoms with Gasteiger partial charge in [-0.3, -0.25) is 4.79 Å². The number of aromatic nitrogens is 3. The molecule has 0 bridgehead atoms. The summed E-state index contributed by atoms with van der Waals surface area (Å²) in [6.45, 7) is 2.08. The number of piperidine rings is 2. The fourth-order valence-corrected chi connectivity index (χ4v) is 5.34. The van der Waals surface area contributed by atoms with E-state index in [4.69, 9.17) is 33.7 Å². The third-order valence-corrected chi connectivity index (χ3v) is 7.13. The normalized spacial score (nSPS) is 22.5. The Morgan fingerprint density at radius 1 is 0.810 bits per heavy atom. The smallest absolute Gasteiger partial charge is 0.326 e. The first-order valence-electron chi connectivity index (χ1n) is 13.6. The Morgan fingerprint density at radius 3 is 1.81 bits per heavy atom. The third-order valence-electron chi connectivity index (χ3n) is 7.13. The van der Waals surface area contributed by atoms with E-state index in [0.717, 1.165) is 4.90 Å². The van der Waals surface area contributed by atoms with Crippen molar-refractivity contribution in [1.82, 2.24) is 15.0 Å². The molecule has 3 aromatic rings. The van der Waals surface area contributed by atoms with Gasteiger partial charge in [0.2, 0.25) is 17.8 Å². The predicted molar refractivity (Wildman–Crippen MR) is 160 cm³/mol. The van der Waals surface area contributed by atoms with Gasteiger partial charge in [-0.25, -0.2) is 9.69 Å². The average Bonchev–Trinajstić information content (AvgIpc) is 2.92. The molecule has 15 heteroatoms. The Bertz CT molecular complexity index is 1380. The molecule has 12 N–H and O–H groups in total. The van der Waals surface area contributed by atoms with E-state index >= 15 is 0 Å². The molecule has 2 aromatic carbocycles. The molecule has 2 aliphatic rings. The first-order valence-corrected chi connectivity index (χ1v) is 13.6. The van der Waals surface area contributed by atoms with Crippen molar-refractivity contribution in [1.29, 1.82) is 0 Å². The number of amides is 3. The highest BCUT2D eigenvalue weighted by atomic mass is 16.3. The summed E-state index contributed by atoms with van der Waals surface area (Å²) in [4.78, 5) is 43.8. The van der Waals surface area contributed by atoms with E-state index in [0.29, 0.717) is 56.6 Å². The molecule has 15 nitrogen and oxygen atoms in total. The minimum Gasteiger partial charge on any atom is -0.507 e. The highest BCUT2D eigenvalue weighted by molar-refractivity contribution is 6.21. The number of anilines is 5. The molecule has 1 aromatic heterocycles. The number of phenolic OH excluding ortho intramolecular Hbond substituents is 1. The number of hydrogen-bond donors (Lipinski definition) is 7. The van der Waals surface area contributed by atoms with Crippen molar-refractivity contribution in [2.45, 2.75) is 37.0 Å². The predicted octanol–water partition coefficient (Wildman–Crippen LogP) is -0.224. The van der Waals surface area contributed by atoms with Gasteiger partial charge in [-0.1, -0.05) is 18.2 Å². The third kappa shape index (κ3) is 6.49. The van der Waals surface area contributed by atoms with Crippen LogP contribution < -0.4 is 48.7 Å². The van der Waals surface area contributed by atoms with Crippen LogP contribution in [-0.4, -0.2) is 82.3 Å². The maximum Gasteiger partial charge on any atom is 0.326 e. The summed E-state index contributed by atoms with van der Waals surface area (Å²) in [5, 5.41) is 13.9. The number of urea groups is 1. The van der Waals surface area contributed by atoms with Crippen LogP contribution in [0.4, 0.5) is 34.0 Å². The summed E-state index contributed by atoms with van der Waals surface area (Å²) in [7, 11) is 0. The van der Waals surface area contributed by atoms with Gasteiger partial charge < -0.3 is 48.9 Å². The van der Waals surface area contributed by atoms with E-state index in [1.54, 1.807) is 36.4 Å². The van der Waals surface area contributed by atoms with Gasteiger partial charge in [0.05, 0.1) is 11.3 Å². The second-order valence-corrected chi connectivity index (χ2v) is 10.8. The van der Waals surface area contributed by atoms with Crippen LogP contribution in [0.5, 0.6) is 5.75 Å². The van der Waals surface area contributed by atoms with Crippen LogP contribution in [0, 0.1) is 0 Å². The molecule has 2 saturated heterocycles. The number of phenols is 1. The van der Waals surface area contributed by atoms with Crippen LogP contribution in [0.15, 0.2) is 48.5 Å². The molecule has 0 radical (unpaired) electrons. The van der Waals surface area contributed by atoms with Gasteiger partial charge in [-0.15, -0.1) is 0 Å². The Kier molecular flexibility index (Phi) is 8.35. The summed E-state index contributed by atoms with van der Waals surface area (Å²) >= 11 is 0. The molecular weight excluding hydrogens is 540 g/mol. The van der Waals surface area contributed by atoms with Crippen molar-refractivity contribution in [3.63, 3.8) is 0 Å². The molecule has 5 rings (SSSR count).